The van der Waals surface area contributed by atoms with E-state index in [4.69, 9.17) is 5.73 Å². The smallest absolute Gasteiger partial charge is 0.270 e. The van der Waals surface area contributed by atoms with Crippen LogP contribution in [-0.4, -0.2) is 28.5 Å². The van der Waals surface area contributed by atoms with E-state index in [1.807, 2.05) is 22.6 Å². The molecule has 0 spiro atoms. The fourth-order valence-corrected chi connectivity index (χ4v) is 3.07. The molecule has 0 radical (unpaired) electrons. The fourth-order valence-electron chi connectivity index (χ4n) is 3.07. The number of hydrogen-bond donors (Lipinski definition) is 1. The standard InChI is InChI=1S/C15H25N3O/c1-4-15(5-2)7-8-18(11-15)14(19)13-9-12(16)10-17(13)6-3/h9-10H,4-8,11,16H2,1-3H3. The van der Waals surface area contributed by atoms with Crippen LogP contribution in [0.1, 0.15) is 50.5 Å². The summed E-state index contributed by atoms with van der Waals surface area (Å²) >= 11 is 0. The van der Waals surface area contributed by atoms with Crippen LogP contribution in [0.2, 0.25) is 0 Å². The number of nitrogens with two attached hydrogens (primary N) is 1. The molecule has 1 aromatic heterocycles. The molecule has 0 aromatic carbocycles. The van der Waals surface area contributed by atoms with Gasteiger partial charge in [-0.3, -0.25) is 4.79 Å². The molecule has 1 amide bonds. The fraction of sp³-hybridized carbons (Fsp3) is 0.667. The third kappa shape index (κ3) is 2.48. The molecule has 4 heteroatoms. The SMILES string of the molecule is CCn1cc(N)cc1C(=O)N1CCC(CC)(CC)C1. The van der Waals surface area contributed by atoms with Gasteiger partial charge in [-0.2, -0.15) is 0 Å². The zero-order valence-electron chi connectivity index (χ0n) is 12.3. The number of nitrogen functional groups attached to an aromatic ring is 1. The highest BCUT2D eigenvalue weighted by Crippen LogP contribution is 2.37. The lowest BCUT2D eigenvalue weighted by Crippen LogP contribution is -2.33. The number of carbonyl (C=O) groups excluding carboxylic acids is 1. The van der Waals surface area contributed by atoms with Crippen LogP contribution in [-0.2, 0) is 6.54 Å². The number of anilines is 1. The maximum atomic E-state index is 12.6. The molecule has 1 saturated heterocycles. The highest BCUT2D eigenvalue weighted by atomic mass is 16.2. The minimum atomic E-state index is 0.127. The van der Waals surface area contributed by atoms with Crippen LogP contribution >= 0.6 is 0 Å². The van der Waals surface area contributed by atoms with Crippen molar-refractivity contribution in [3.63, 3.8) is 0 Å². The molecule has 0 atom stereocenters. The molecule has 2 rings (SSSR count). The molecule has 0 bridgehead atoms. The summed E-state index contributed by atoms with van der Waals surface area (Å²) in [6.07, 6.45) is 5.25. The van der Waals surface area contributed by atoms with E-state index in [0.717, 1.165) is 44.6 Å². The van der Waals surface area contributed by atoms with Crippen molar-refractivity contribution in [3.05, 3.63) is 18.0 Å². The van der Waals surface area contributed by atoms with Gasteiger partial charge < -0.3 is 15.2 Å². The van der Waals surface area contributed by atoms with Crippen LogP contribution in [0.4, 0.5) is 5.69 Å². The van der Waals surface area contributed by atoms with Crippen LogP contribution in [0.3, 0.4) is 0 Å². The number of likely N-dealkylation sites (tertiary alicyclic amines) is 1. The summed E-state index contributed by atoms with van der Waals surface area (Å²) in [5.74, 6) is 0.127. The van der Waals surface area contributed by atoms with Crippen molar-refractivity contribution in [2.75, 3.05) is 18.8 Å². The van der Waals surface area contributed by atoms with Crippen LogP contribution in [0.15, 0.2) is 12.3 Å². The van der Waals surface area contributed by atoms with E-state index in [0.29, 0.717) is 11.1 Å². The highest BCUT2D eigenvalue weighted by molar-refractivity contribution is 5.94. The van der Waals surface area contributed by atoms with Crippen molar-refractivity contribution in [3.8, 4) is 0 Å². The zero-order chi connectivity index (χ0) is 14.0. The summed E-state index contributed by atoms with van der Waals surface area (Å²) in [6, 6.07) is 1.80. The number of aromatic nitrogens is 1. The van der Waals surface area contributed by atoms with Gasteiger partial charge >= 0.3 is 0 Å². The first-order chi connectivity index (χ1) is 9.05. The Morgan fingerprint density at radius 1 is 1.37 bits per heavy atom. The summed E-state index contributed by atoms with van der Waals surface area (Å²) < 4.78 is 1.94. The van der Waals surface area contributed by atoms with Crippen LogP contribution < -0.4 is 5.73 Å². The van der Waals surface area contributed by atoms with Crippen molar-refractivity contribution in [2.45, 2.75) is 46.6 Å². The van der Waals surface area contributed by atoms with E-state index in [2.05, 4.69) is 13.8 Å². The molecule has 1 aromatic rings. The van der Waals surface area contributed by atoms with Crippen molar-refractivity contribution < 1.29 is 4.79 Å². The first kappa shape index (κ1) is 14.0. The van der Waals surface area contributed by atoms with Crippen molar-refractivity contribution in [1.29, 1.82) is 0 Å². The molecule has 0 unspecified atom stereocenters. The second-order valence-electron chi connectivity index (χ2n) is 5.63. The van der Waals surface area contributed by atoms with Gasteiger partial charge in [-0.1, -0.05) is 13.8 Å². The molecule has 19 heavy (non-hydrogen) atoms. The number of nitrogens with zero attached hydrogens (tertiary/aromatic N) is 2. The maximum Gasteiger partial charge on any atom is 0.270 e. The summed E-state index contributed by atoms with van der Waals surface area (Å²) in [5, 5.41) is 0. The first-order valence-electron chi connectivity index (χ1n) is 7.30. The van der Waals surface area contributed by atoms with E-state index in [1.165, 1.54) is 0 Å². The first-order valence-corrected chi connectivity index (χ1v) is 7.30. The zero-order valence-corrected chi connectivity index (χ0v) is 12.3. The molecule has 1 fully saturated rings. The molecule has 2 N–H and O–H groups in total. The van der Waals surface area contributed by atoms with E-state index >= 15 is 0 Å². The Morgan fingerprint density at radius 2 is 2.05 bits per heavy atom. The van der Waals surface area contributed by atoms with Crippen LogP contribution in [0, 0.1) is 5.41 Å². The molecule has 2 heterocycles. The minimum absolute atomic E-state index is 0.127. The van der Waals surface area contributed by atoms with Gasteiger partial charge in [0, 0.05) is 25.8 Å². The number of carbonyl (C=O) groups is 1. The van der Waals surface area contributed by atoms with Gasteiger partial charge in [0.1, 0.15) is 5.69 Å². The Labute approximate surface area is 115 Å². The number of hydrogen-bond acceptors (Lipinski definition) is 2. The molecular formula is C15H25N3O. The van der Waals surface area contributed by atoms with Crippen molar-refractivity contribution in [1.82, 2.24) is 9.47 Å². The summed E-state index contributed by atoms with van der Waals surface area (Å²) in [6.45, 7) is 9.01. The third-order valence-electron chi connectivity index (χ3n) is 4.70. The quantitative estimate of drug-likeness (QED) is 0.908. The predicted octanol–water partition coefficient (Wildman–Crippen LogP) is 2.74. The molecule has 1 aliphatic rings. The Kier molecular flexibility index (Phi) is 3.88. The minimum Gasteiger partial charge on any atom is -0.397 e. The summed E-state index contributed by atoms with van der Waals surface area (Å²) in [5.41, 5.74) is 7.52. The predicted molar refractivity (Wildman–Crippen MR) is 78.1 cm³/mol. The maximum absolute atomic E-state index is 12.6. The molecule has 4 nitrogen and oxygen atoms in total. The molecule has 1 aliphatic heterocycles. The molecule has 106 valence electrons. The van der Waals surface area contributed by atoms with Gasteiger partial charge in [-0.15, -0.1) is 0 Å². The van der Waals surface area contributed by atoms with Crippen molar-refractivity contribution >= 4 is 11.6 Å². The van der Waals surface area contributed by atoms with Gasteiger partial charge in [0.15, 0.2) is 0 Å². The molecular weight excluding hydrogens is 238 g/mol. The van der Waals surface area contributed by atoms with Crippen LogP contribution in [0.5, 0.6) is 0 Å². The van der Waals surface area contributed by atoms with Gasteiger partial charge in [0.2, 0.25) is 0 Å². The van der Waals surface area contributed by atoms with E-state index in [-0.39, 0.29) is 5.91 Å². The van der Waals surface area contributed by atoms with Gasteiger partial charge in [-0.25, -0.2) is 0 Å². The second kappa shape index (κ2) is 5.27. The van der Waals surface area contributed by atoms with Gasteiger partial charge in [0.25, 0.3) is 5.91 Å². The average Bonchev–Trinajstić information content (AvgIpc) is 3.02. The van der Waals surface area contributed by atoms with Crippen LogP contribution in [0.25, 0.3) is 0 Å². The summed E-state index contributed by atoms with van der Waals surface area (Å²) in [7, 11) is 0. The highest BCUT2D eigenvalue weighted by Gasteiger charge is 2.37. The van der Waals surface area contributed by atoms with E-state index < -0.39 is 0 Å². The largest absolute Gasteiger partial charge is 0.397 e. The Morgan fingerprint density at radius 3 is 2.58 bits per heavy atom. The topological polar surface area (TPSA) is 51.3 Å². The summed E-state index contributed by atoms with van der Waals surface area (Å²) in [4.78, 5) is 14.6. The monoisotopic (exact) mass is 263 g/mol. The van der Waals surface area contributed by atoms with E-state index in [9.17, 15) is 4.79 Å². The van der Waals surface area contributed by atoms with Gasteiger partial charge in [-0.05, 0) is 37.7 Å². The average molecular weight is 263 g/mol. The number of rotatable bonds is 4. The number of amides is 1. The van der Waals surface area contributed by atoms with Crippen molar-refractivity contribution in [2.24, 2.45) is 5.41 Å². The third-order valence-corrected chi connectivity index (χ3v) is 4.70. The Bertz CT molecular complexity index is 460. The Hall–Kier alpha value is -1.45. The lowest BCUT2D eigenvalue weighted by molar-refractivity contribution is 0.0759. The molecule has 0 aliphatic carbocycles. The van der Waals surface area contributed by atoms with Gasteiger partial charge in [0.05, 0.1) is 5.69 Å². The molecule has 0 saturated carbocycles. The second-order valence-corrected chi connectivity index (χ2v) is 5.63. The lowest BCUT2D eigenvalue weighted by Gasteiger charge is -2.26. The normalized spacial score (nSPS) is 17.9. The lowest BCUT2D eigenvalue weighted by atomic mass is 9.82. The van der Waals surface area contributed by atoms with E-state index in [1.54, 1.807) is 6.07 Å². The Balaban J connectivity index is 2.17. The number of aryl methyl sites for hydroxylation is 1.